The highest BCUT2D eigenvalue weighted by Crippen LogP contribution is 2.31. The van der Waals surface area contributed by atoms with E-state index in [0.29, 0.717) is 22.5 Å². The van der Waals surface area contributed by atoms with Crippen LogP contribution in [0.25, 0.3) is 22.4 Å². The van der Waals surface area contributed by atoms with Crippen LogP contribution in [0.3, 0.4) is 0 Å². The van der Waals surface area contributed by atoms with Gasteiger partial charge in [0.15, 0.2) is 0 Å². The number of carbonyl (C=O) groups excluding carboxylic acids is 1. The first kappa shape index (κ1) is 22.0. The average molecular weight is 452 g/mol. The van der Waals surface area contributed by atoms with Crippen molar-refractivity contribution in [2.75, 3.05) is 21.2 Å². The van der Waals surface area contributed by atoms with Crippen molar-refractivity contribution in [3.8, 4) is 11.4 Å². The van der Waals surface area contributed by atoms with E-state index in [9.17, 15) is 4.79 Å². The second-order valence-electron chi connectivity index (χ2n) is 7.94. The molecule has 0 aliphatic rings. The summed E-state index contributed by atoms with van der Waals surface area (Å²) in [6.07, 6.45) is 6.67. The number of fused-ring (bicyclic) bond motifs is 1. The summed E-state index contributed by atoms with van der Waals surface area (Å²) in [5.74, 6) is 0.224. The quantitative estimate of drug-likeness (QED) is 0.408. The standard InChI is InChI=1S/C24H26ClN5O2/c1-5-21(29(2)3)22(30-11-10-26-14-30)15-7-9-19-20(13-15)28-23(27-19)16-6-8-17(18(25)12-16)24(31)32-4/h6-14,21-22H,5H2,1-4H3,(H,27,28). The molecule has 2 atom stereocenters. The monoisotopic (exact) mass is 451 g/mol. The number of aromatic nitrogens is 4. The van der Waals surface area contributed by atoms with Gasteiger partial charge in [0.2, 0.25) is 0 Å². The lowest BCUT2D eigenvalue weighted by Gasteiger charge is -2.33. The number of ether oxygens (including phenoxy) is 1. The topological polar surface area (TPSA) is 76.0 Å². The predicted molar refractivity (Wildman–Crippen MR) is 126 cm³/mol. The summed E-state index contributed by atoms with van der Waals surface area (Å²) in [4.78, 5) is 26.4. The Balaban J connectivity index is 1.74. The molecule has 4 rings (SSSR count). The van der Waals surface area contributed by atoms with Gasteiger partial charge >= 0.3 is 5.97 Å². The lowest BCUT2D eigenvalue weighted by atomic mass is 9.96. The zero-order valence-electron chi connectivity index (χ0n) is 18.5. The number of benzene rings is 2. The van der Waals surface area contributed by atoms with Crippen LogP contribution in [-0.4, -0.2) is 57.6 Å². The van der Waals surface area contributed by atoms with E-state index in [4.69, 9.17) is 21.3 Å². The lowest BCUT2D eigenvalue weighted by Crippen LogP contribution is -2.36. The van der Waals surface area contributed by atoms with Gasteiger partial charge in [-0.05, 0) is 50.3 Å². The number of nitrogens with zero attached hydrogens (tertiary/aromatic N) is 4. The van der Waals surface area contributed by atoms with Crippen molar-refractivity contribution in [2.45, 2.75) is 25.4 Å². The van der Waals surface area contributed by atoms with E-state index in [2.05, 4.69) is 52.6 Å². The van der Waals surface area contributed by atoms with Crippen LogP contribution in [0.5, 0.6) is 0 Å². The van der Waals surface area contributed by atoms with E-state index in [1.807, 2.05) is 30.9 Å². The Kier molecular flexibility index (Phi) is 6.30. The molecule has 0 spiro atoms. The van der Waals surface area contributed by atoms with Crippen molar-refractivity contribution < 1.29 is 9.53 Å². The van der Waals surface area contributed by atoms with E-state index in [1.54, 1.807) is 12.1 Å². The molecule has 0 aliphatic carbocycles. The van der Waals surface area contributed by atoms with Crippen LogP contribution in [0.15, 0.2) is 55.1 Å². The largest absolute Gasteiger partial charge is 0.465 e. The molecule has 7 nitrogen and oxygen atoms in total. The van der Waals surface area contributed by atoms with Crippen molar-refractivity contribution in [3.05, 3.63) is 71.3 Å². The van der Waals surface area contributed by atoms with Crippen molar-refractivity contribution in [1.82, 2.24) is 24.4 Å². The molecule has 0 saturated heterocycles. The summed E-state index contributed by atoms with van der Waals surface area (Å²) >= 11 is 6.30. The summed E-state index contributed by atoms with van der Waals surface area (Å²) in [5.41, 5.74) is 4.09. The molecular formula is C24H26ClN5O2. The summed E-state index contributed by atoms with van der Waals surface area (Å²) in [6.45, 7) is 2.20. The molecule has 32 heavy (non-hydrogen) atoms. The van der Waals surface area contributed by atoms with Crippen LogP contribution in [0, 0.1) is 0 Å². The summed E-state index contributed by atoms with van der Waals surface area (Å²) in [5, 5.41) is 0.326. The highest BCUT2D eigenvalue weighted by molar-refractivity contribution is 6.33. The van der Waals surface area contributed by atoms with Gasteiger partial charge < -0.3 is 19.2 Å². The third kappa shape index (κ3) is 4.13. The van der Waals surface area contributed by atoms with E-state index in [0.717, 1.165) is 23.0 Å². The van der Waals surface area contributed by atoms with Crippen LogP contribution >= 0.6 is 11.6 Å². The Morgan fingerprint density at radius 2 is 2.06 bits per heavy atom. The minimum atomic E-state index is -0.465. The molecule has 1 N–H and O–H groups in total. The highest BCUT2D eigenvalue weighted by atomic mass is 35.5. The normalized spacial score (nSPS) is 13.4. The Hall–Kier alpha value is -3.16. The number of hydrogen-bond acceptors (Lipinski definition) is 5. The van der Waals surface area contributed by atoms with E-state index < -0.39 is 5.97 Å². The number of imidazole rings is 2. The van der Waals surface area contributed by atoms with Gasteiger partial charge in [0.1, 0.15) is 5.82 Å². The molecular weight excluding hydrogens is 426 g/mol. The van der Waals surface area contributed by atoms with Crippen molar-refractivity contribution in [2.24, 2.45) is 0 Å². The molecule has 0 radical (unpaired) electrons. The van der Waals surface area contributed by atoms with Crippen molar-refractivity contribution >= 4 is 28.6 Å². The van der Waals surface area contributed by atoms with Gasteiger partial charge in [0.25, 0.3) is 0 Å². The average Bonchev–Trinajstić information content (AvgIpc) is 3.46. The van der Waals surface area contributed by atoms with Crippen molar-refractivity contribution in [1.29, 1.82) is 0 Å². The summed E-state index contributed by atoms with van der Waals surface area (Å²) in [7, 11) is 5.54. The second-order valence-corrected chi connectivity index (χ2v) is 8.35. The van der Waals surface area contributed by atoms with Gasteiger partial charge in [-0.3, -0.25) is 0 Å². The zero-order chi connectivity index (χ0) is 22.8. The van der Waals surface area contributed by atoms with Gasteiger partial charge in [-0.15, -0.1) is 0 Å². The van der Waals surface area contributed by atoms with E-state index in [1.165, 1.54) is 12.7 Å². The summed E-state index contributed by atoms with van der Waals surface area (Å²) < 4.78 is 6.92. The molecule has 0 aliphatic heterocycles. The Morgan fingerprint density at radius 1 is 1.25 bits per heavy atom. The zero-order valence-corrected chi connectivity index (χ0v) is 19.3. The third-order valence-electron chi connectivity index (χ3n) is 5.79. The van der Waals surface area contributed by atoms with Crippen molar-refractivity contribution in [3.63, 3.8) is 0 Å². The van der Waals surface area contributed by atoms with Gasteiger partial charge in [0.05, 0.1) is 41.1 Å². The molecule has 0 amide bonds. The number of esters is 1. The van der Waals surface area contributed by atoms with Gasteiger partial charge in [-0.25, -0.2) is 14.8 Å². The van der Waals surface area contributed by atoms with Gasteiger partial charge in [-0.1, -0.05) is 30.7 Å². The third-order valence-corrected chi connectivity index (χ3v) is 6.10. The molecule has 8 heteroatoms. The van der Waals surface area contributed by atoms with E-state index >= 15 is 0 Å². The number of H-pyrrole nitrogens is 1. The second kappa shape index (κ2) is 9.14. The molecule has 166 valence electrons. The molecule has 2 unspecified atom stereocenters. The molecule has 0 fully saturated rings. The SMILES string of the molecule is CCC(C(c1ccc2nc(-c3ccc(C(=O)OC)c(Cl)c3)[nH]c2c1)n1ccnc1)N(C)C. The number of rotatable bonds is 7. The lowest BCUT2D eigenvalue weighted by molar-refractivity contribution is 0.0601. The van der Waals surface area contributed by atoms with E-state index in [-0.39, 0.29) is 6.04 Å². The molecule has 0 saturated carbocycles. The number of halogens is 1. The minimum Gasteiger partial charge on any atom is -0.465 e. The first-order valence-electron chi connectivity index (χ1n) is 10.4. The number of likely N-dealkylation sites (N-methyl/N-ethyl adjacent to an activating group) is 1. The predicted octanol–water partition coefficient (Wildman–Crippen LogP) is 4.80. The van der Waals surface area contributed by atoms with Crippen LogP contribution < -0.4 is 0 Å². The first-order valence-corrected chi connectivity index (χ1v) is 10.8. The fraction of sp³-hybridized carbons (Fsp3) is 0.292. The number of carbonyl (C=O) groups is 1. The number of aromatic amines is 1. The Morgan fingerprint density at radius 3 is 2.69 bits per heavy atom. The maximum atomic E-state index is 11.8. The van der Waals surface area contributed by atoms with Crippen LogP contribution in [0.1, 0.15) is 35.3 Å². The molecule has 0 bridgehead atoms. The smallest absolute Gasteiger partial charge is 0.339 e. The maximum Gasteiger partial charge on any atom is 0.339 e. The number of hydrogen-bond donors (Lipinski definition) is 1. The summed E-state index contributed by atoms with van der Waals surface area (Å²) in [6, 6.07) is 11.9. The Labute approximate surface area is 192 Å². The number of methoxy groups -OCH3 is 1. The maximum absolute atomic E-state index is 11.8. The Bertz CT molecular complexity index is 1230. The molecule has 2 aromatic carbocycles. The van der Waals surface area contributed by atoms with Crippen LogP contribution in [0.4, 0.5) is 0 Å². The molecule has 2 heterocycles. The highest BCUT2D eigenvalue weighted by Gasteiger charge is 2.25. The molecule has 2 aromatic heterocycles. The van der Waals surface area contributed by atoms with Gasteiger partial charge in [-0.2, -0.15) is 0 Å². The fourth-order valence-corrected chi connectivity index (χ4v) is 4.44. The number of nitrogens with one attached hydrogen (secondary N) is 1. The fourth-order valence-electron chi connectivity index (χ4n) is 4.18. The molecule has 4 aromatic rings. The minimum absolute atomic E-state index is 0.113. The van der Waals surface area contributed by atoms with Crippen LogP contribution in [-0.2, 0) is 4.74 Å². The van der Waals surface area contributed by atoms with Crippen LogP contribution in [0.2, 0.25) is 5.02 Å². The first-order chi connectivity index (χ1) is 15.4. The van der Waals surface area contributed by atoms with Gasteiger partial charge in [0, 0.05) is 24.0 Å².